The van der Waals surface area contributed by atoms with Crippen molar-refractivity contribution in [1.82, 2.24) is 5.32 Å². The Morgan fingerprint density at radius 3 is 2.90 bits per heavy atom. The lowest BCUT2D eigenvalue weighted by Gasteiger charge is -2.14. The standard InChI is InChI=1S/C16H23NO2S/c1-3-5-7-13(4-2)12-17-16(19)15-10-9-14(20-15)8-6-11-18/h9-10,13,18H,3-5,7,11-12H2,1-2H3,(H,17,19). The molecule has 110 valence electrons. The van der Waals surface area contributed by atoms with E-state index in [-0.39, 0.29) is 12.5 Å². The third kappa shape index (κ3) is 5.77. The fourth-order valence-electron chi connectivity index (χ4n) is 1.92. The highest BCUT2D eigenvalue weighted by Crippen LogP contribution is 2.16. The third-order valence-corrected chi connectivity index (χ3v) is 4.21. The molecule has 1 aromatic rings. The van der Waals surface area contributed by atoms with Gasteiger partial charge in [0.05, 0.1) is 9.75 Å². The second kappa shape index (κ2) is 9.57. The van der Waals surface area contributed by atoms with Crippen LogP contribution < -0.4 is 5.32 Å². The first-order chi connectivity index (χ1) is 9.71. The van der Waals surface area contributed by atoms with Crippen LogP contribution in [0.4, 0.5) is 0 Å². The van der Waals surface area contributed by atoms with Crippen molar-refractivity contribution in [3.8, 4) is 11.8 Å². The highest BCUT2D eigenvalue weighted by molar-refractivity contribution is 7.14. The molecule has 1 heterocycles. The van der Waals surface area contributed by atoms with Gasteiger partial charge in [-0.2, -0.15) is 0 Å². The minimum atomic E-state index is -0.158. The van der Waals surface area contributed by atoms with Crippen LogP contribution in [0, 0.1) is 17.8 Å². The van der Waals surface area contributed by atoms with Crippen LogP contribution in [0.1, 0.15) is 54.1 Å². The van der Waals surface area contributed by atoms with Crippen LogP contribution in [-0.4, -0.2) is 24.2 Å². The van der Waals surface area contributed by atoms with Crippen molar-refractivity contribution in [1.29, 1.82) is 0 Å². The molecule has 0 aromatic carbocycles. The van der Waals surface area contributed by atoms with Crippen LogP contribution in [-0.2, 0) is 0 Å². The first kappa shape index (κ1) is 16.7. The number of hydrogen-bond acceptors (Lipinski definition) is 3. The second-order valence-electron chi connectivity index (χ2n) is 4.75. The van der Waals surface area contributed by atoms with Crippen molar-refractivity contribution in [3.05, 3.63) is 21.9 Å². The number of aliphatic hydroxyl groups is 1. The van der Waals surface area contributed by atoms with Crippen LogP contribution in [0.3, 0.4) is 0 Å². The van der Waals surface area contributed by atoms with E-state index in [0.29, 0.717) is 10.8 Å². The number of carbonyl (C=O) groups is 1. The van der Waals surface area contributed by atoms with Gasteiger partial charge < -0.3 is 10.4 Å². The van der Waals surface area contributed by atoms with Gasteiger partial charge in [-0.3, -0.25) is 4.79 Å². The Kier molecular flexibility index (Phi) is 8.01. The van der Waals surface area contributed by atoms with Gasteiger partial charge >= 0.3 is 0 Å². The van der Waals surface area contributed by atoms with Gasteiger partial charge in [0.15, 0.2) is 0 Å². The minimum absolute atomic E-state index is 0.0259. The maximum absolute atomic E-state index is 12.0. The lowest BCUT2D eigenvalue weighted by molar-refractivity contribution is 0.0950. The average molecular weight is 293 g/mol. The molecule has 4 heteroatoms. The molecule has 1 aromatic heterocycles. The summed E-state index contributed by atoms with van der Waals surface area (Å²) in [7, 11) is 0. The van der Waals surface area contributed by atoms with Crippen LogP contribution in [0.2, 0.25) is 0 Å². The number of unbranched alkanes of at least 4 members (excludes halogenated alkanes) is 1. The summed E-state index contributed by atoms with van der Waals surface area (Å²) in [6, 6.07) is 3.60. The first-order valence-corrected chi connectivity index (χ1v) is 8.00. The second-order valence-corrected chi connectivity index (χ2v) is 5.83. The molecular weight excluding hydrogens is 270 g/mol. The zero-order valence-corrected chi connectivity index (χ0v) is 13.1. The summed E-state index contributed by atoms with van der Waals surface area (Å²) in [6.07, 6.45) is 4.68. The topological polar surface area (TPSA) is 49.3 Å². The molecule has 0 fully saturated rings. The SMILES string of the molecule is CCCCC(CC)CNC(=O)c1ccc(C#CCO)s1. The zero-order chi connectivity index (χ0) is 14.8. The van der Waals surface area contributed by atoms with Crippen molar-refractivity contribution >= 4 is 17.2 Å². The van der Waals surface area contributed by atoms with E-state index in [4.69, 9.17) is 5.11 Å². The van der Waals surface area contributed by atoms with E-state index >= 15 is 0 Å². The van der Waals surface area contributed by atoms with Crippen LogP contribution in [0.5, 0.6) is 0 Å². The van der Waals surface area contributed by atoms with Crippen LogP contribution in [0.15, 0.2) is 12.1 Å². The van der Waals surface area contributed by atoms with Gasteiger partial charge in [0.2, 0.25) is 0 Å². The van der Waals surface area contributed by atoms with Gasteiger partial charge in [0.25, 0.3) is 5.91 Å². The largest absolute Gasteiger partial charge is 0.384 e. The van der Waals surface area contributed by atoms with Gasteiger partial charge in [0, 0.05) is 6.54 Å². The molecule has 1 rings (SSSR count). The molecule has 3 nitrogen and oxygen atoms in total. The average Bonchev–Trinajstić information content (AvgIpc) is 2.94. The molecule has 0 aliphatic heterocycles. The maximum Gasteiger partial charge on any atom is 0.261 e. The summed E-state index contributed by atoms with van der Waals surface area (Å²) >= 11 is 1.36. The van der Waals surface area contributed by atoms with E-state index in [1.54, 1.807) is 6.07 Å². The fourth-order valence-corrected chi connectivity index (χ4v) is 2.72. The van der Waals surface area contributed by atoms with E-state index in [0.717, 1.165) is 17.8 Å². The highest BCUT2D eigenvalue weighted by Gasteiger charge is 2.11. The number of nitrogens with one attached hydrogen (secondary N) is 1. The van der Waals surface area contributed by atoms with Gasteiger partial charge in [-0.1, -0.05) is 45.0 Å². The van der Waals surface area contributed by atoms with Gasteiger partial charge in [-0.15, -0.1) is 11.3 Å². The Bertz CT molecular complexity index is 470. The van der Waals surface area contributed by atoms with E-state index in [9.17, 15) is 4.79 Å². The van der Waals surface area contributed by atoms with E-state index in [1.807, 2.05) is 6.07 Å². The molecule has 0 spiro atoms. The Morgan fingerprint density at radius 1 is 1.45 bits per heavy atom. The summed E-state index contributed by atoms with van der Waals surface area (Å²) in [6.45, 7) is 4.94. The van der Waals surface area contributed by atoms with Crippen molar-refractivity contribution in [2.75, 3.05) is 13.2 Å². The van der Waals surface area contributed by atoms with Gasteiger partial charge in [-0.05, 0) is 24.5 Å². The van der Waals surface area contributed by atoms with Crippen LogP contribution >= 0.6 is 11.3 Å². The fraction of sp³-hybridized carbons (Fsp3) is 0.562. The molecule has 20 heavy (non-hydrogen) atoms. The van der Waals surface area contributed by atoms with Crippen molar-refractivity contribution < 1.29 is 9.90 Å². The minimum Gasteiger partial charge on any atom is -0.384 e. The number of thiophene rings is 1. The Labute approximate surface area is 125 Å². The molecule has 1 unspecified atom stereocenters. The normalized spacial score (nSPS) is 11.6. The van der Waals surface area contributed by atoms with Gasteiger partial charge in [-0.25, -0.2) is 0 Å². The smallest absolute Gasteiger partial charge is 0.261 e. The molecule has 1 amide bonds. The Morgan fingerprint density at radius 2 is 2.25 bits per heavy atom. The Hall–Kier alpha value is -1.31. The molecule has 0 saturated carbocycles. The van der Waals surface area contributed by atoms with Crippen molar-refractivity contribution in [2.45, 2.75) is 39.5 Å². The van der Waals surface area contributed by atoms with E-state index in [1.165, 1.54) is 30.6 Å². The number of aliphatic hydroxyl groups excluding tert-OH is 1. The molecule has 0 aliphatic rings. The summed E-state index contributed by atoms with van der Waals surface area (Å²) in [5.41, 5.74) is 0. The van der Waals surface area contributed by atoms with Gasteiger partial charge in [0.1, 0.15) is 6.61 Å². The van der Waals surface area contributed by atoms with E-state index in [2.05, 4.69) is 31.0 Å². The predicted octanol–water partition coefficient (Wildman–Crippen LogP) is 3.04. The quantitative estimate of drug-likeness (QED) is 0.759. The summed E-state index contributed by atoms with van der Waals surface area (Å²) in [4.78, 5) is 13.5. The van der Waals surface area contributed by atoms with Crippen molar-refractivity contribution in [2.24, 2.45) is 5.92 Å². The number of hydrogen-bond donors (Lipinski definition) is 2. The highest BCUT2D eigenvalue weighted by atomic mass is 32.1. The number of amides is 1. The molecule has 1 atom stereocenters. The predicted molar refractivity (Wildman–Crippen MR) is 83.9 cm³/mol. The maximum atomic E-state index is 12.0. The number of carbonyl (C=O) groups excluding carboxylic acids is 1. The molecule has 2 N–H and O–H groups in total. The molecule has 0 radical (unpaired) electrons. The zero-order valence-electron chi connectivity index (χ0n) is 12.2. The molecular formula is C16H23NO2S. The first-order valence-electron chi connectivity index (χ1n) is 7.19. The molecule has 0 saturated heterocycles. The van der Waals surface area contributed by atoms with E-state index < -0.39 is 0 Å². The molecule has 0 aliphatic carbocycles. The lowest BCUT2D eigenvalue weighted by atomic mass is 9.99. The molecule has 0 bridgehead atoms. The number of rotatable bonds is 7. The summed E-state index contributed by atoms with van der Waals surface area (Å²) in [5.74, 6) is 5.93. The monoisotopic (exact) mass is 293 g/mol. The van der Waals surface area contributed by atoms with Crippen molar-refractivity contribution in [3.63, 3.8) is 0 Å². The lowest BCUT2D eigenvalue weighted by Crippen LogP contribution is -2.28. The summed E-state index contributed by atoms with van der Waals surface area (Å²) in [5, 5.41) is 11.6. The Balaban J connectivity index is 2.47. The third-order valence-electron chi connectivity index (χ3n) is 3.22. The van der Waals surface area contributed by atoms with Crippen LogP contribution in [0.25, 0.3) is 0 Å². The summed E-state index contributed by atoms with van der Waals surface area (Å²) < 4.78 is 0.